The van der Waals surface area contributed by atoms with Gasteiger partial charge in [0.15, 0.2) is 5.65 Å². The molecule has 1 aliphatic rings. The van der Waals surface area contributed by atoms with E-state index in [1.54, 1.807) is 0 Å². The maximum absolute atomic E-state index is 13.7. The zero-order chi connectivity index (χ0) is 24.7. The van der Waals surface area contributed by atoms with Gasteiger partial charge in [-0.1, -0.05) is 36.4 Å². The molecule has 0 atom stereocenters. The molecule has 2 N–H and O–H groups in total. The smallest absolute Gasteiger partial charge is 0.256 e. The first-order valence-electron chi connectivity index (χ1n) is 12.3. The molecule has 1 aliphatic carbocycles. The monoisotopic (exact) mass is 467 g/mol. The maximum atomic E-state index is 13.7. The Kier molecular flexibility index (Phi) is 5.83. The third-order valence-corrected chi connectivity index (χ3v) is 6.61. The van der Waals surface area contributed by atoms with Crippen LogP contribution in [0.1, 0.15) is 72.4 Å². The van der Waals surface area contributed by atoms with Crippen LogP contribution in [-0.4, -0.2) is 20.7 Å². The Labute approximate surface area is 206 Å². The van der Waals surface area contributed by atoms with Crippen molar-refractivity contribution in [3.05, 3.63) is 82.7 Å². The van der Waals surface area contributed by atoms with E-state index in [0.29, 0.717) is 18.0 Å². The van der Waals surface area contributed by atoms with Crippen LogP contribution < -0.4 is 10.6 Å². The summed E-state index contributed by atoms with van der Waals surface area (Å²) >= 11 is 0. The molecule has 0 unspecified atom stereocenters. The molecule has 6 nitrogen and oxygen atoms in total. The van der Waals surface area contributed by atoms with E-state index < -0.39 is 0 Å². The number of para-hydroxylation sites is 2. The van der Waals surface area contributed by atoms with Crippen molar-refractivity contribution in [2.45, 2.75) is 65.5 Å². The molecule has 0 spiro atoms. The lowest BCUT2D eigenvalue weighted by Gasteiger charge is -2.20. The number of anilines is 2. The van der Waals surface area contributed by atoms with Crippen LogP contribution in [0.5, 0.6) is 0 Å². The minimum Gasteiger partial charge on any atom is -0.379 e. The highest BCUT2D eigenvalue weighted by molar-refractivity contribution is 6.13. The van der Waals surface area contributed by atoms with Crippen molar-refractivity contribution in [1.29, 1.82) is 0 Å². The summed E-state index contributed by atoms with van der Waals surface area (Å²) in [6.45, 7) is 11.1. The second-order valence-electron chi connectivity index (χ2n) is 10.5. The lowest BCUT2D eigenvalue weighted by Crippen LogP contribution is -2.24. The van der Waals surface area contributed by atoms with Crippen LogP contribution in [0.25, 0.3) is 11.0 Å². The number of pyridine rings is 1. The Balaban J connectivity index is 1.49. The quantitative estimate of drug-likeness (QED) is 0.337. The van der Waals surface area contributed by atoms with Gasteiger partial charge in [0.2, 0.25) is 0 Å². The van der Waals surface area contributed by atoms with Crippen LogP contribution in [0.15, 0.2) is 54.6 Å². The molecule has 35 heavy (non-hydrogen) atoms. The van der Waals surface area contributed by atoms with E-state index in [2.05, 4.69) is 50.5 Å². The molecular formula is C29H33N5O. The normalized spacial score (nSPS) is 13.7. The van der Waals surface area contributed by atoms with Crippen LogP contribution in [-0.2, 0) is 12.1 Å². The highest BCUT2D eigenvalue weighted by Gasteiger charge is 2.30. The number of aromatic nitrogens is 3. The third kappa shape index (κ3) is 4.65. The molecule has 5 rings (SSSR count). The van der Waals surface area contributed by atoms with E-state index >= 15 is 0 Å². The van der Waals surface area contributed by atoms with Crippen molar-refractivity contribution in [2.24, 2.45) is 0 Å². The van der Waals surface area contributed by atoms with Gasteiger partial charge in [0.25, 0.3) is 5.91 Å². The van der Waals surface area contributed by atoms with Gasteiger partial charge in [0.05, 0.1) is 33.6 Å². The number of nitrogens with one attached hydrogen (secondary N) is 2. The van der Waals surface area contributed by atoms with Gasteiger partial charge in [-0.25, -0.2) is 9.67 Å². The Hall–Kier alpha value is -3.67. The van der Waals surface area contributed by atoms with E-state index in [-0.39, 0.29) is 11.4 Å². The Bertz CT molecular complexity index is 1410. The molecule has 180 valence electrons. The van der Waals surface area contributed by atoms with E-state index in [1.165, 1.54) is 11.1 Å². The zero-order valence-corrected chi connectivity index (χ0v) is 21.1. The topological polar surface area (TPSA) is 71.8 Å². The largest absolute Gasteiger partial charge is 0.379 e. The Morgan fingerprint density at radius 2 is 1.71 bits per heavy atom. The van der Waals surface area contributed by atoms with Crippen molar-refractivity contribution in [3.8, 4) is 0 Å². The fourth-order valence-electron chi connectivity index (χ4n) is 4.48. The zero-order valence-electron chi connectivity index (χ0n) is 21.1. The number of fused-ring (bicyclic) bond motifs is 1. The highest BCUT2D eigenvalue weighted by Crippen LogP contribution is 2.41. The van der Waals surface area contributed by atoms with Crippen LogP contribution in [0.4, 0.5) is 11.4 Å². The lowest BCUT2D eigenvalue weighted by atomic mass is 10.1. The predicted octanol–water partition coefficient (Wildman–Crippen LogP) is 6.54. The van der Waals surface area contributed by atoms with Gasteiger partial charge in [-0.2, -0.15) is 5.10 Å². The van der Waals surface area contributed by atoms with Gasteiger partial charge >= 0.3 is 0 Å². The minimum atomic E-state index is -0.235. The molecular weight excluding hydrogens is 434 g/mol. The van der Waals surface area contributed by atoms with Gasteiger partial charge in [-0.15, -0.1) is 0 Å². The number of rotatable bonds is 6. The summed E-state index contributed by atoms with van der Waals surface area (Å²) in [5.74, 6) is 0.290. The van der Waals surface area contributed by atoms with Gasteiger partial charge in [0.1, 0.15) is 0 Å². The van der Waals surface area contributed by atoms with E-state index in [1.807, 2.05) is 54.1 Å². The summed E-state index contributed by atoms with van der Waals surface area (Å²) in [5.41, 5.74) is 7.10. The first kappa shape index (κ1) is 23.1. The summed E-state index contributed by atoms with van der Waals surface area (Å²) < 4.78 is 1.96. The van der Waals surface area contributed by atoms with Crippen LogP contribution in [0.2, 0.25) is 0 Å². The minimum absolute atomic E-state index is 0.138. The number of hydrogen-bond donors (Lipinski definition) is 2. The molecule has 2 aromatic carbocycles. The molecule has 0 radical (unpaired) electrons. The molecule has 2 heterocycles. The van der Waals surface area contributed by atoms with Crippen LogP contribution in [0.3, 0.4) is 0 Å². The van der Waals surface area contributed by atoms with Crippen molar-refractivity contribution < 1.29 is 4.79 Å². The molecule has 4 aromatic rings. The Morgan fingerprint density at radius 3 is 2.40 bits per heavy atom. The van der Waals surface area contributed by atoms with Crippen LogP contribution in [0, 0.1) is 13.8 Å². The summed E-state index contributed by atoms with van der Waals surface area (Å²) in [7, 11) is 0. The van der Waals surface area contributed by atoms with E-state index in [0.717, 1.165) is 46.6 Å². The molecule has 1 amide bonds. The molecule has 0 aliphatic heterocycles. The second kappa shape index (κ2) is 8.84. The second-order valence-corrected chi connectivity index (χ2v) is 10.5. The summed E-state index contributed by atoms with van der Waals surface area (Å²) in [6.07, 6.45) is 2.24. The van der Waals surface area contributed by atoms with Crippen molar-refractivity contribution >= 4 is 28.3 Å². The van der Waals surface area contributed by atoms with E-state index in [9.17, 15) is 4.79 Å². The first-order valence-corrected chi connectivity index (χ1v) is 12.3. The predicted molar refractivity (Wildman–Crippen MR) is 142 cm³/mol. The van der Waals surface area contributed by atoms with Crippen molar-refractivity contribution in [3.63, 3.8) is 0 Å². The van der Waals surface area contributed by atoms with Gasteiger partial charge in [-0.3, -0.25) is 4.79 Å². The number of hydrogen-bond acceptors (Lipinski definition) is 4. The molecule has 1 saturated carbocycles. The van der Waals surface area contributed by atoms with E-state index in [4.69, 9.17) is 10.1 Å². The first-order chi connectivity index (χ1) is 16.7. The standard InChI is InChI=1S/C29H33N5O/c1-18-10-6-7-11-21(18)17-30-23-12-8-9-13-24(23)32-28(35)22-16-25(20-14-15-20)31-27-26(22)19(2)33-34(27)29(3,4)5/h6-13,16,20,30H,14-15,17H2,1-5H3,(H,32,35). The molecule has 1 fully saturated rings. The molecule has 2 aromatic heterocycles. The molecule has 6 heteroatoms. The number of benzene rings is 2. The number of carbonyl (C=O) groups is 1. The average Bonchev–Trinajstić information content (AvgIpc) is 3.61. The average molecular weight is 468 g/mol. The van der Waals surface area contributed by atoms with Crippen LogP contribution >= 0.6 is 0 Å². The maximum Gasteiger partial charge on any atom is 0.256 e. The SMILES string of the molecule is Cc1ccccc1CNc1ccccc1NC(=O)c1cc(C2CC2)nc2c1c(C)nn2C(C)(C)C. The summed E-state index contributed by atoms with van der Waals surface area (Å²) in [5, 5.41) is 12.3. The van der Waals surface area contributed by atoms with Crippen molar-refractivity contribution in [2.75, 3.05) is 10.6 Å². The number of aryl methyl sites for hydroxylation is 2. The number of nitrogens with zero attached hydrogens (tertiary/aromatic N) is 3. The number of amides is 1. The highest BCUT2D eigenvalue weighted by atomic mass is 16.1. The van der Waals surface area contributed by atoms with Gasteiger partial charge in [-0.05, 0) is 76.8 Å². The molecule has 0 bridgehead atoms. The third-order valence-electron chi connectivity index (χ3n) is 6.61. The summed E-state index contributed by atoms with van der Waals surface area (Å²) in [6, 6.07) is 18.1. The lowest BCUT2D eigenvalue weighted by molar-refractivity contribution is 0.102. The number of carbonyl (C=O) groups excluding carboxylic acids is 1. The fourth-order valence-corrected chi connectivity index (χ4v) is 4.48. The fraction of sp³-hybridized carbons (Fsp3) is 0.345. The van der Waals surface area contributed by atoms with Gasteiger partial charge < -0.3 is 10.6 Å². The molecule has 0 saturated heterocycles. The van der Waals surface area contributed by atoms with Gasteiger partial charge in [0, 0.05) is 18.2 Å². The van der Waals surface area contributed by atoms with Crippen molar-refractivity contribution in [1.82, 2.24) is 14.8 Å². The summed E-state index contributed by atoms with van der Waals surface area (Å²) in [4.78, 5) is 18.7. The Morgan fingerprint density at radius 1 is 1.03 bits per heavy atom.